The normalized spacial score (nSPS) is 27.7. The molecule has 2 bridgehead atoms. The summed E-state index contributed by atoms with van der Waals surface area (Å²) in [6.07, 6.45) is 17.4. The molecule has 1 aliphatic carbocycles. The Hall–Kier alpha value is -8.28. The van der Waals surface area contributed by atoms with Gasteiger partial charge in [-0.3, -0.25) is 24.0 Å². The third-order valence-electron chi connectivity index (χ3n) is 24.8. The average molecular weight is 1800 g/mol. The summed E-state index contributed by atoms with van der Waals surface area (Å²) in [7, 11) is 4.59. The molecule has 0 spiro atoms. The maximum absolute atomic E-state index is 14.7. The number of ketones is 3. The Morgan fingerprint density at radius 2 is 1.40 bits per heavy atom. The number of aromatic nitrogens is 8. The lowest BCUT2D eigenvalue weighted by Gasteiger charge is -2.42. The topological polar surface area (TPSA) is 457 Å². The number of oxazole rings is 1. The SMILES string of the molecule is CO[C@H]1C[C@@H]2CC[C@@H](C)[C@@](O)(O2)C(=O)C(=O)N2CCCC[C@H]2C(=O)O[C@H]([C@H](N)C[C@@H]2CC[C@@H](OCCCCc3cn(CCOCCOCCOCCOCCOCCOCCOCCOCCC(=O)N4CCC(Cn5nc(-c6ccc7oc(N)nc7c6)c6c(N)ncnc65)C4)nn3)[C@H](OC)C2)CC(=O)[C@H](C)/C=C(\C)[C@@H](O)[C@@H](OC)C(=O)[C@H](C)C[C@H](C)/C=C/C=C/C=C/1C. The average Bonchev–Trinajstić information content (AvgIpc) is 1.19. The molecule has 36 nitrogen and oxygen atoms in total. The smallest absolute Gasteiger partial charge is 0.329 e. The molecule has 3 saturated heterocycles. The second kappa shape index (κ2) is 52.7. The fourth-order valence-electron chi connectivity index (χ4n) is 17.3. The van der Waals surface area contributed by atoms with Crippen molar-refractivity contribution in [2.24, 2.45) is 41.2 Å². The third kappa shape index (κ3) is 30.4. The molecule has 0 radical (unpaired) electrons. The van der Waals surface area contributed by atoms with E-state index in [2.05, 4.69) is 25.3 Å². The van der Waals surface area contributed by atoms with Gasteiger partial charge in [0.05, 0.1) is 154 Å². The van der Waals surface area contributed by atoms with Gasteiger partial charge < -0.3 is 108 Å². The number of nitrogen functional groups attached to an aromatic ring is 2. The number of aliphatic hydroxyl groups is 2. The molecule has 5 aliphatic rings. The molecular formula is C92H139N13O23. The molecule has 2 amide bonds. The number of amides is 2. The first-order valence-electron chi connectivity index (χ1n) is 45.6. The summed E-state index contributed by atoms with van der Waals surface area (Å²) in [6, 6.07) is 3.51. The van der Waals surface area contributed by atoms with Crippen molar-refractivity contribution in [1.82, 2.24) is 49.5 Å². The summed E-state index contributed by atoms with van der Waals surface area (Å²) in [5.41, 5.74) is 24.5. The van der Waals surface area contributed by atoms with Crippen LogP contribution in [0, 0.1) is 35.5 Å². The number of unbranched alkanes of at least 4 members (excludes halogenated alkanes) is 1. The van der Waals surface area contributed by atoms with E-state index in [0.717, 1.165) is 42.5 Å². The van der Waals surface area contributed by atoms with Gasteiger partial charge in [0.25, 0.3) is 17.7 Å². The molecule has 4 fully saturated rings. The van der Waals surface area contributed by atoms with Gasteiger partial charge in [0.15, 0.2) is 17.0 Å². The number of methoxy groups -OCH3 is 3. The Balaban J connectivity index is 0.546. The van der Waals surface area contributed by atoms with Crippen LogP contribution >= 0.6 is 0 Å². The summed E-state index contributed by atoms with van der Waals surface area (Å²) in [4.78, 5) is 101. The van der Waals surface area contributed by atoms with Crippen LogP contribution in [0.4, 0.5) is 11.8 Å². The molecule has 16 atom stereocenters. The van der Waals surface area contributed by atoms with E-state index < -0.39 is 83.8 Å². The fourth-order valence-corrected chi connectivity index (χ4v) is 17.3. The molecule has 5 aromatic rings. The summed E-state index contributed by atoms with van der Waals surface area (Å²) in [6.45, 7) is 20.2. The van der Waals surface area contributed by atoms with Crippen LogP contribution in [-0.4, -0.2) is 309 Å². The number of cyclic esters (lactones) is 1. The Kier molecular flexibility index (Phi) is 41.9. The number of anilines is 2. The van der Waals surface area contributed by atoms with E-state index in [-0.39, 0.29) is 85.7 Å². The maximum Gasteiger partial charge on any atom is 0.329 e. The van der Waals surface area contributed by atoms with Crippen molar-refractivity contribution < 1.29 is 110 Å². The molecule has 128 heavy (non-hydrogen) atoms. The predicted octanol–water partition coefficient (Wildman–Crippen LogP) is 7.69. The first-order chi connectivity index (χ1) is 61.9. The van der Waals surface area contributed by atoms with Crippen LogP contribution in [0.3, 0.4) is 0 Å². The molecule has 8 N–H and O–H groups in total. The third-order valence-corrected chi connectivity index (χ3v) is 24.8. The van der Waals surface area contributed by atoms with E-state index in [9.17, 15) is 39.0 Å². The number of nitrogens with two attached hydrogens (primary N) is 3. The highest BCUT2D eigenvalue weighted by Gasteiger charge is 2.53. The molecule has 8 heterocycles. The van der Waals surface area contributed by atoms with Crippen LogP contribution in [0.2, 0.25) is 0 Å². The first kappa shape index (κ1) is 102. The number of hydrogen-bond acceptors (Lipinski definition) is 32. The summed E-state index contributed by atoms with van der Waals surface area (Å²) in [5, 5.41) is 38.0. The van der Waals surface area contributed by atoms with Gasteiger partial charge in [-0.05, 0) is 151 Å². The second-order valence-corrected chi connectivity index (χ2v) is 34.4. The van der Waals surface area contributed by atoms with Gasteiger partial charge in [-0.2, -0.15) is 10.1 Å². The molecule has 10 rings (SSSR count). The summed E-state index contributed by atoms with van der Waals surface area (Å²) >= 11 is 0. The zero-order chi connectivity index (χ0) is 91.5. The second-order valence-electron chi connectivity index (χ2n) is 34.4. The van der Waals surface area contributed by atoms with Crippen LogP contribution in [0.25, 0.3) is 33.4 Å². The Labute approximate surface area is 750 Å². The Morgan fingerprint density at radius 3 is 2.08 bits per heavy atom. The largest absolute Gasteiger partial charge is 0.459 e. The molecule has 36 heteroatoms. The number of rotatable bonds is 42. The number of fused-ring (bicyclic) bond motifs is 5. The minimum absolute atomic E-state index is 0.0146. The number of piperidine rings is 1. The number of ether oxygens (including phenoxy) is 14. The Morgan fingerprint density at radius 1 is 0.711 bits per heavy atom. The van der Waals surface area contributed by atoms with Crippen molar-refractivity contribution in [1.29, 1.82) is 0 Å². The Bertz CT molecular complexity index is 4420. The van der Waals surface area contributed by atoms with Gasteiger partial charge in [-0.1, -0.05) is 69.4 Å². The molecule has 1 unspecified atom stereocenters. The van der Waals surface area contributed by atoms with Gasteiger partial charge in [0.1, 0.15) is 53.5 Å². The fraction of sp³-hybridized carbons (Fsp3) is 0.696. The van der Waals surface area contributed by atoms with E-state index in [1.807, 2.05) is 72.1 Å². The highest BCUT2D eigenvalue weighted by Crippen LogP contribution is 2.39. The molecule has 1 saturated carbocycles. The quantitative estimate of drug-likeness (QED) is 0.0108. The summed E-state index contributed by atoms with van der Waals surface area (Å²) < 4.78 is 90.9. The van der Waals surface area contributed by atoms with Gasteiger partial charge in [0.2, 0.25) is 11.7 Å². The van der Waals surface area contributed by atoms with Crippen molar-refractivity contribution in [2.75, 3.05) is 165 Å². The van der Waals surface area contributed by atoms with Gasteiger partial charge in [-0.15, -0.1) is 5.10 Å². The standard InChI is InChI=1S/C92H139N13O23/c1-60-17-11-10-12-18-61(2)77(114-7)54-70-24-21-65(6)92(113,128-70)86(110)89(111)104-29-15-13-20-73(104)90(112)126-78(55-74(106)62(3)50-64(5)84(109)85(116-9)83(108)63(4)49-60)71(93)51-66-22-25-76(79(52-66)115-8)125-32-16-14-19-69-58-103(101-99-69)31-34-118-36-38-120-40-42-122-44-46-124-48-47-123-45-43-121-41-39-119-37-35-117-33-28-80(107)102-30-27-67(56-102)57-105-88-81(87(94)96-59-97-88)82(100-105)68-23-26-75-72(53-68)98-91(95)127-75/h10-12,17-18,23,26,50,53,58-60,62-63,65-67,70-71,73,76-79,84-85,109,113H,13-16,19-22,24-25,27-49,51-52,54-57,93H2,1-9H3,(H2,95,98)(H2,94,96,97)/b12-10+,17-11+,61-18+,64-50+/t60-,62-,63-,65-,66+,67?,70+,71-,73+,76-,77+,78+,79-,84-,85+,92-/m1/s1. The number of carbonyl (C=O) groups is 6. The zero-order valence-corrected chi connectivity index (χ0v) is 76.3. The highest BCUT2D eigenvalue weighted by atomic mass is 16.6. The van der Waals surface area contributed by atoms with Crippen molar-refractivity contribution >= 4 is 69.1 Å². The van der Waals surface area contributed by atoms with Crippen LogP contribution in [0.5, 0.6) is 0 Å². The van der Waals surface area contributed by atoms with E-state index in [1.165, 1.54) is 18.3 Å². The van der Waals surface area contributed by atoms with Gasteiger partial charge in [-0.25, -0.2) is 24.1 Å². The number of aryl methyl sites for hydroxylation is 1. The van der Waals surface area contributed by atoms with E-state index in [0.29, 0.717) is 236 Å². The van der Waals surface area contributed by atoms with Crippen molar-refractivity contribution in [2.45, 2.75) is 224 Å². The van der Waals surface area contributed by atoms with Crippen LogP contribution in [-0.2, 0) is 115 Å². The number of carbonyl (C=O) groups excluding carboxylic acids is 6. The monoisotopic (exact) mass is 1790 g/mol. The van der Waals surface area contributed by atoms with Crippen molar-refractivity contribution in [3.8, 4) is 11.3 Å². The number of aliphatic hydroxyl groups excluding tert-OH is 1. The molecule has 4 aliphatic heterocycles. The minimum atomic E-state index is -2.48. The molecule has 710 valence electrons. The number of nitrogens with zero attached hydrogens (tertiary/aromatic N) is 10. The van der Waals surface area contributed by atoms with Crippen LogP contribution < -0.4 is 17.2 Å². The van der Waals surface area contributed by atoms with Crippen LogP contribution in [0.1, 0.15) is 150 Å². The number of benzene rings is 1. The van der Waals surface area contributed by atoms with E-state index in [4.69, 9.17) is 93.0 Å². The van der Waals surface area contributed by atoms with Gasteiger partial charge in [0, 0.05) is 103 Å². The number of esters is 1. The van der Waals surface area contributed by atoms with Crippen molar-refractivity contribution in [3.05, 3.63) is 84.0 Å². The van der Waals surface area contributed by atoms with E-state index >= 15 is 0 Å². The zero-order valence-electron chi connectivity index (χ0n) is 76.3. The van der Waals surface area contributed by atoms with Crippen molar-refractivity contribution in [3.63, 3.8) is 0 Å². The van der Waals surface area contributed by atoms with Gasteiger partial charge >= 0.3 is 5.97 Å². The molecular weight excluding hydrogens is 1660 g/mol. The minimum Gasteiger partial charge on any atom is -0.459 e. The lowest BCUT2D eigenvalue weighted by molar-refractivity contribution is -0.265. The molecule has 1 aromatic carbocycles. The van der Waals surface area contributed by atoms with E-state index in [1.54, 1.807) is 58.7 Å². The van der Waals surface area contributed by atoms with Crippen LogP contribution in [0.15, 0.2) is 82.7 Å². The lowest BCUT2D eigenvalue weighted by Crippen LogP contribution is -2.61. The summed E-state index contributed by atoms with van der Waals surface area (Å²) in [5.74, 6) is -7.74. The highest BCUT2D eigenvalue weighted by molar-refractivity contribution is 6.39. The number of hydrogen-bond donors (Lipinski definition) is 5. The number of allylic oxidation sites excluding steroid dienone is 6. The number of likely N-dealkylation sites (tertiary alicyclic amines) is 1. The first-order valence-corrected chi connectivity index (χ1v) is 45.6. The lowest BCUT2D eigenvalue weighted by atomic mass is 9.80. The number of Topliss-reactive ketones (excluding diaryl/α,β-unsaturated/α-hetero) is 3. The predicted molar refractivity (Wildman–Crippen MR) is 474 cm³/mol. The maximum atomic E-state index is 14.7. The molecule has 4 aromatic heterocycles.